The Labute approximate surface area is 80.1 Å². The van der Waals surface area contributed by atoms with Gasteiger partial charge >= 0.3 is 0 Å². The molecule has 0 amide bonds. The SMILES string of the molecule is COc1cc(F)cc(F)c1[C@@H](O)CN. The molecule has 0 bridgehead atoms. The van der Waals surface area contributed by atoms with E-state index in [1.54, 1.807) is 0 Å². The minimum Gasteiger partial charge on any atom is -0.496 e. The minimum absolute atomic E-state index is 0.0412. The lowest BCUT2D eigenvalue weighted by molar-refractivity contribution is 0.176. The molecule has 1 aromatic rings. The van der Waals surface area contributed by atoms with Crippen molar-refractivity contribution >= 4 is 0 Å². The van der Waals surface area contributed by atoms with Crippen molar-refractivity contribution in [2.75, 3.05) is 13.7 Å². The van der Waals surface area contributed by atoms with Gasteiger partial charge in [-0.3, -0.25) is 0 Å². The average Bonchev–Trinajstić information content (AvgIpc) is 2.15. The molecule has 78 valence electrons. The van der Waals surface area contributed by atoms with Crippen LogP contribution in [0.3, 0.4) is 0 Å². The van der Waals surface area contributed by atoms with Crippen LogP contribution in [-0.4, -0.2) is 18.8 Å². The molecule has 3 N–H and O–H groups in total. The number of aliphatic hydroxyl groups excluding tert-OH is 1. The number of methoxy groups -OCH3 is 1. The Morgan fingerprint density at radius 3 is 2.64 bits per heavy atom. The van der Waals surface area contributed by atoms with E-state index in [0.29, 0.717) is 6.07 Å². The van der Waals surface area contributed by atoms with Crippen LogP contribution >= 0.6 is 0 Å². The highest BCUT2D eigenvalue weighted by Crippen LogP contribution is 2.28. The molecule has 1 aromatic carbocycles. The molecule has 0 aromatic heterocycles. The van der Waals surface area contributed by atoms with Crippen molar-refractivity contribution in [2.24, 2.45) is 5.73 Å². The molecular weight excluding hydrogens is 192 g/mol. The van der Waals surface area contributed by atoms with Gasteiger partial charge in [-0.15, -0.1) is 0 Å². The summed E-state index contributed by atoms with van der Waals surface area (Å²) in [5.74, 6) is -1.66. The van der Waals surface area contributed by atoms with Crippen molar-refractivity contribution in [2.45, 2.75) is 6.10 Å². The van der Waals surface area contributed by atoms with Gasteiger partial charge in [-0.1, -0.05) is 0 Å². The monoisotopic (exact) mass is 203 g/mol. The van der Waals surface area contributed by atoms with Gasteiger partial charge in [0, 0.05) is 18.7 Å². The number of rotatable bonds is 3. The highest BCUT2D eigenvalue weighted by molar-refractivity contribution is 5.37. The van der Waals surface area contributed by atoms with Crippen LogP contribution in [0.5, 0.6) is 5.75 Å². The Balaban J connectivity index is 3.24. The van der Waals surface area contributed by atoms with Crippen LogP contribution in [-0.2, 0) is 0 Å². The smallest absolute Gasteiger partial charge is 0.135 e. The van der Waals surface area contributed by atoms with Crippen molar-refractivity contribution in [3.05, 3.63) is 29.3 Å². The van der Waals surface area contributed by atoms with Crippen molar-refractivity contribution in [3.63, 3.8) is 0 Å². The molecule has 0 fully saturated rings. The Bertz CT molecular complexity index is 331. The highest BCUT2D eigenvalue weighted by atomic mass is 19.1. The van der Waals surface area contributed by atoms with Gasteiger partial charge in [0.2, 0.25) is 0 Å². The van der Waals surface area contributed by atoms with Gasteiger partial charge in [0.05, 0.1) is 18.8 Å². The quantitative estimate of drug-likeness (QED) is 0.769. The third kappa shape index (κ3) is 2.00. The maximum absolute atomic E-state index is 13.2. The summed E-state index contributed by atoms with van der Waals surface area (Å²) in [5, 5.41) is 9.35. The molecule has 1 atom stereocenters. The fourth-order valence-corrected chi connectivity index (χ4v) is 1.17. The predicted octanol–water partition coefficient (Wildman–Crippen LogP) is 0.966. The normalized spacial score (nSPS) is 12.6. The first-order valence-electron chi connectivity index (χ1n) is 4.01. The second kappa shape index (κ2) is 4.34. The number of aliphatic hydroxyl groups is 1. The second-order valence-corrected chi connectivity index (χ2v) is 2.76. The number of hydrogen-bond acceptors (Lipinski definition) is 3. The lowest BCUT2D eigenvalue weighted by atomic mass is 10.1. The fraction of sp³-hybridized carbons (Fsp3) is 0.333. The van der Waals surface area contributed by atoms with E-state index in [0.717, 1.165) is 6.07 Å². The molecule has 0 aliphatic rings. The summed E-state index contributed by atoms with van der Waals surface area (Å²) in [6, 6.07) is 1.67. The summed E-state index contributed by atoms with van der Waals surface area (Å²) < 4.78 is 30.7. The summed E-state index contributed by atoms with van der Waals surface area (Å²) in [6.07, 6.45) is -1.19. The Morgan fingerprint density at radius 1 is 1.50 bits per heavy atom. The van der Waals surface area contributed by atoms with Crippen LogP contribution in [0.4, 0.5) is 8.78 Å². The summed E-state index contributed by atoms with van der Waals surface area (Å²) in [4.78, 5) is 0. The Morgan fingerprint density at radius 2 is 2.14 bits per heavy atom. The maximum Gasteiger partial charge on any atom is 0.135 e. The molecule has 0 unspecified atom stereocenters. The number of nitrogens with two attached hydrogens (primary N) is 1. The zero-order chi connectivity index (χ0) is 10.7. The molecule has 0 saturated heterocycles. The lowest BCUT2D eigenvalue weighted by Crippen LogP contribution is -2.14. The third-order valence-corrected chi connectivity index (χ3v) is 1.83. The molecule has 3 nitrogen and oxygen atoms in total. The fourth-order valence-electron chi connectivity index (χ4n) is 1.17. The van der Waals surface area contributed by atoms with Crippen molar-refractivity contribution in [1.82, 2.24) is 0 Å². The number of benzene rings is 1. The van der Waals surface area contributed by atoms with E-state index < -0.39 is 17.7 Å². The second-order valence-electron chi connectivity index (χ2n) is 2.76. The van der Waals surface area contributed by atoms with E-state index in [1.165, 1.54) is 7.11 Å². The molecule has 0 aliphatic heterocycles. The van der Waals surface area contributed by atoms with Crippen molar-refractivity contribution in [1.29, 1.82) is 0 Å². The van der Waals surface area contributed by atoms with E-state index in [1.807, 2.05) is 0 Å². The molecule has 1 rings (SSSR count). The predicted molar refractivity (Wildman–Crippen MR) is 46.9 cm³/mol. The topological polar surface area (TPSA) is 55.5 Å². The Kier molecular flexibility index (Phi) is 3.38. The summed E-state index contributed by atoms with van der Waals surface area (Å²) in [6.45, 7) is -0.154. The summed E-state index contributed by atoms with van der Waals surface area (Å²) in [7, 11) is 1.26. The van der Waals surface area contributed by atoms with Gasteiger partial charge < -0.3 is 15.6 Å². The maximum atomic E-state index is 13.2. The van der Waals surface area contributed by atoms with Gasteiger partial charge in [0.25, 0.3) is 0 Å². The number of halogens is 2. The average molecular weight is 203 g/mol. The van der Waals surface area contributed by atoms with Gasteiger partial charge in [-0.05, 0) is 0 Å². The molecule has 5 heteroatoms. The van der Waals surface area contributed by atoms with Crippen LogP contribution in [0.15, 0.2) is 12.1 Å². The van der Waals surface area contributed by atoms with E-state index in [4.69, 9.17) is 10.5 Å². The van der Waals surface area contributed by atoms with Gasteiger partial charge in [-0.2, -0.15) is 0 Å². The molecule has 0 saturated carbocycles. The molecule has 0 spiro atoms. The third-order valence-electron chi connectivity index (χ3n) is 1.83. The molecule has 0 aliphatic carbocycles. The highest BCUT2D eigenvalue weighted by Gasteiger charge is 2.18. The van der Waals surface area contributed by atoms with E-state index in [-0.39, 0.29) is 17.9 Å². The zero-order valence-corrected chi connectivity index (χ0v) is 7.63. The van der Waals surface area contributed by atoms with E-state index in [2.05, 4.69) is 0 Å². The number of ether oxygens (including phenoxy) is 1. The van der Waals surface area contributed by atoms with Crippen LogP contribution < -0.4 is 10.5 Å². The van der Waals surface area contributed by atoms with E-state index in [9.17, 15) is 13.9 Å². The largest absolute Gasteiger partial charge is 0.496 e. The van der Waals surface area contributed by atoms with Crippen molar-refractivity contribution in [3.8, 4) is 5.75 Å². The van der Waals surface area contributed by atoms with Gasteiger partial charge in [-0.25, -0.2) is 8.78 Å². The van der Waals surface area contributed by atoms with Crippen LogP contribution in [0.25, 0.3) is 0 Å². The van der Waals surface area contributed by atoms with Crippen molar-refractivity contribution < 1.29 is 18.6 Å². The first kappa shape index (κ1) is 10.9. The van der Waals surface area contributed by atoms with E-state index >= 15 is 0 Å². The molecule has 14 heavy (non-hydrogen) atoms. The number of hydrogen-bond donors (Lipinski definition) is 2. The van der Waals surface area contributed by atoms with Crippen LogP contribution in [0.2, 0.25) is 0 Å². The zero-order valence-electron chi connectivity index (χ0n) is 7.63. The molecule has 0 radical (unpaired) electrons. The molecular formula is C9H11F2NO2. The summed E-state index contributed by atoms with van der Waals surface area (Å²) >= 11 is 0. The standard InChI is InChI=1S/C9H11F2NO2/c1-14-8-3-5(10)2-6(11)9(8)7(13)4-12/h2-3,7,13H,4,12H2,1H3/t7-/m0/s1. The summed E-state index contributed by atoms with van der Waals surface area (Å²) in [5.41, 5.74) is 5.05. The van der Waals surface area contributed by atoms with Gasteiger partial charge in [0.1, 0.15) is 17.4 Å². The first-order chi connectivity index (χ1) is 6.60. The Hall–Kier alpha value is -1.20. The van der Waals surface area contributed by atoms with Gasteiger partial charge in [0.15, 0.2) is 0 Å². The van der Waals surface area contributed by atoms with Crippen LogP contribution in [0, 0.1) is 11.6 Å². The first-order valence-corrected chi connectivity index (χ1v) is 4.01. The van der Waals surface area contributed by atoms with Crippen LogP contribution in [0.1, 0.15) is 11.7 Å². The molecule has 0 heterocycles. The lowest BCUT2D eigenvalue weighted by Gasteiger charge is -2.13. The minimum atomic E-state index is -1.19.